The van der Waals surface area contributed by atoms with E-state index >= 15 is 0 Å². The summed E-state index contributed by atoms with van der Waals surface area (Å²) in [5.41, 5.74) is 2.83. The zero-order chi connectivity index (χ0) is 25.7. The van der Waals surface area contributed by atoms with Crippen molar-refractivity contribution in [2.75, 3.05) is 18.0 Å². The number of hydrogen-bond acceptors (Lipinski definition) is 8. The molecule has 6 rings (SSSR count). The van der Waals surface area contributed by atoms with E-state index in [4.69, 9.17) is 4.52 Å². The quantitative estimate of drug-likeness (QED) is 0.300. The van der Waals surface area contributed by atoms with E-state index in [1.165, 1.54) is 28.7 Å². The SMILES string of the molecule is CC(C)C(C(=O)O)c1cc(N2CCC(c3sc4nnc(-c5ccccc5O)cc4c3C3CC3)CC2)no1. The molecule has 3 aromatic heterocycles. The molecule has 0 spiro atoms. The van der Waals surface area contributed by atoms with Gasteiger partial charge < -0.3 is 19.6 Å². The standard InChI is InChI=1S/C28H30N4O4S/c1-15(2)24(28(34)35)22-14-23(31-36-22)32-11-9-17(10-12-32)26-25(16-7-8-16)19-13-20(29-30-27(19)37-26)18-5-3-4-6-21(18)33/h3-6,13-17,24,33H,7-12H2,1-2H3,(H,34,35). The van der Waals surface area contributed by atoms with Gasteiger partial charge in [-0.1, -0.05) is 31.1 Å². The first-order valence-corrected chi connectivity index (χ1v) is 13.7. The summed E-state index contributed by atoms with van der Waals surface area (Å²) in [5.74, 6) is 0.707. The Bertz CT molecular complexity index is 1450. The van der Waals surface area contributed by atoms with Crippen LogP contribution in [0, 0.1) is 5.92 Å². The van der Waals surface area contributed by atoms with E-state index in [0.717, 1.165) is 36.6 Å². The van der Waals surface area contributed by atoms with Gasteiger partial charge in [0.05, 0.1) is 5.69 Å². The lowest BCUT2D eigenvalue weighted by Crippen LogP contribution is -2.33. The number of nitrogens with zero attached hydrogens (tertiary/aromatic N) is 4. The molecule has 8 nitrogen and oxygen atoms in total. The van der Waals surface area contributed by atoms with Gasteiger partial charge in [-0.25, -0.2) is 0 Å². The van der Waals surface area contributed by atoms with E-state index in [9.17, 15) is 15.0 Å². The van der Waals surface area contributed by atoms with Crippen LogP contribution < -0.4 is 4.90 Å². The van der Waals surface area contributed by atoms with Crippen LogP contribution in [-0.2, 0) is 4.79 Å². The summed E-state index contributed by atoms with van der Waals surface area (Å²) < 4.78 is 5.47. The molecule has 2 aliphatic rings. The van der Waals surface area contributed by atoms with Crippen LogP contribution in [0.25, 0.3) is 21.5 Å². The summed E-state index contributed by atoms with van der Waals surface area (Å²) in [6.45, 7) is 5.43. The number of thiophene rings is 1. The highest BCUT2D eigenvalue weighted by atomic mass is 32.1. The molecule has 1 unspecified atom stereocenters. The Kier molecular flexibility index (Phi) is 6.10. The maximum Gasteiger partial charge on any atom is 0.314 e. The van der Waals surface area contributed by atoms with E-state index in [1.54, 1.807) is 23.5 Å². The molecule has 1 saturated heterocycles. The number of rotatable bonds is 7. The predicted octanol–water partition coefficient (Wildman–Crippen LogP) is 6.14. The molecule has 1 aliphatic heterocycles. The number of aromatic nitrogens is 3. The first kappa shape index (κ1) is 23.9. The largest absolute Gasteiger partial charge is 0.507 e. The van der Waals surface area contributed by atoms with Gasteiger partial charge in [0.25, 0.3) is 0 Å². The third kappa shape index (κ3) is 4.45. The van der Waals surface area contributed by atoms with Gasteiger partial charge in [-0.05, 0) is 67.2 Å². The number of carboxylic acid groups (broad SMARTS) is 1. The Morgan fingerprint density at radius 1 is 1.08 bits per heavy atom. The number of aromatic hydroxyl groups is 1. The van der Waals surface area contributed by atoms with Crippen molar-refractivity contribution in [3.8, 4) is 17.0 Å². The Labute approximate surface area is 218 Å². The number of carbonyl (C=O) groups is 1. The summed E-state index contributed by atoms with van der Waals surface area (Å²) in [5, 5.41) is 34.3. The molecule has 0 amide bonds. The first-order valence-electron chi connectivity index (χ1n) is 12.9. The van der Waals surface area contributed by atoms with Crippen LogP contribution in [0.2, 0.25) is 0 Å². The number of phenols is 1. The van der Waals surface area contributed by atoms with Gasteiger partial charge in [0.1, 0.15) is 16.5 Å². The fourth-order valence-corrected chi connectivity index (χ4v) is 6.90. The fourth-order valence-electron chi connectivity index (χ4n) is 5.54. The Balaban J connectivity index is 1.24. The molecule has 1 aliphatic carbocycles. The van der Waals surface area contributed by atoms with Gasteiger partial charge in [-0.15, -0.1) is 21.5 Å². The molecule has 1 atom stereocenters. The molecule has 1 aromatic carbocycles. The zero-order valence-corrected chi connectivity index (χ0v) is 21.7. The minimum atomic E-state index is -0.887. The average Bonchev–Trinajstić information content (AvgIpc) is 3.48. The van der Waals surface area contributed by atoms with Crippen LogP contribution in [0.3, 0.4) is 0 Å². The highest BCUT2D eigenvalue weighted by Crippen LogP contribution is 2.51. The van der Waals surface area contributed by atoms with Crippen molar-refractivity contribution in [1.29, 1.82) is 0 Å². The number of fused-ring (bicyclic) bond motifs is 1. The summed E-state index contributed by atoms with van der Waals surface area (Å²) in [6.07, 6.45) is 4.38. The van der Waals surface area contributed by atoms with Crippen molar-refractivity contribution in [1.82, 2.24) is 15.4 Å². The van der Waals surface area contributed by atoms with Crippen molar-refractivity contribution in [3.05, 3.63) is 52.6 Å². The maximum absolute atomic E-state index is 11.7. The minimum Gasteiger partial charge on any atom is -0.507 e. The molecule has 0 radical (unpaired) electrons. The number of para-hydroxylation sites is 1. The van der Waals surface area contributed by atoms with E-state index in [1.807, 2.05) is 32.0 Å². The number of phenolic OH excluding ortho intramolecular Hbond substituents is 1. The lowest BCUT2D eigenvalue weighted by atomic mass is 9.90. The van der Waals surface area contributed by atoms with Crippen molar-refractivity contribution >= 4 is 33.3 Å². The van der Waals surface area contributed by atoms with Crippen LogP contribution in [0.15, 0.2) is 40.9 Å². The summed E-state index contributed by atoms with van der Waals surface area (Å²) in [6, 6.07) is 11.2. The molecule has 0 bridgehead atoms. The van der Waals surface area contributed by atoms with Crippen LogP contribution in [-0.4, -0.2) is 44.6 Å². The molecule has 192 valence electrons. The van der Waals surface area contributed by atoms with Crippen molar-refractivity contribution in [3.63, 3.8) is 0 Å². The lowest BCUT2D eigenvalue weighted by Gasteiger charge is -2.31. The Morgan fingerprint density at radius 2 is 1.84 bits per heavy atom. The zero-order valence-electron chi connectivity index (χ0n) is 20.9. The van der Waals surface area contributed by atoms with Crippen molar-refractivity contribution in [2.45, 2.75) is 57.3 Å². The smallest absolute Gasteiger partial charge is 0.314 e. The second kappa shape index (κ2) is 9.45. The van der Waals surface area contributed by atoms with E-state index < -0.39 is 11.9 Å². The monoisotopic (exact) mass is 518 g/mol. The highest BCUT2D eigenvalue weighted by molar-refractivity contribution is 7.19. The fraction of sp³-hybridized carbons (Fsp3) is 0.429. The van der Waals surface area contributed by atoms with Gasteiger partial charge >= 0.3 is 5.97 Å². The average molecular weight is 519 g/mol. The van der Waals surface area contributed by atoms with Gasteiger partial charge in [0.15, 0.2) is 11.6 Å². The van der Waals surface area contributed by atoms with E-state index in [-0.39, 0.29) is 11.7 Å². The molecule has 37 heavy (non-hydrogen) atoms. The van der Waals surface area contributed by atoms with E-state index in [2.05, 4.69) is 26.3 Å². The Hall–Kier alpha value is -3.46. The van der Waals surface area contributed by atoms with Gasteiger partial charge in [-0.2, -0.15) is 0 Å². The lowest BCUT2D eigenvalue weighted by molar-refractivity contribution is -0.140. The summed E-state index contributed by atoms with van der Waals surface area (Å²) in [7, 11) is 0. The molecule has 4 aromatic rings. The summed E-state index contributed by atoms with van der Waals surface area (Å²) in [4.78, 5) is 16.3. The maximum atomic E-state index is 11.7. The van der Waals surface area contributed by atoms with Gasteiger partial charge in [0, 0.05) is 35.0 Å². The molecular weight excluding hydrogens is 488 g/mol. The molecule has 4 heterocycles. The van der Waals surface area contributed by atoms with Crippen LogP contribution >= 0.6 is 11.3 Å². The molecule has 2 N–H and O–H groups in total. The third-order valence-electron chi connectivity index (χ3n) is 7.63. The number of carboxylic acids is 1. The number of anilines is 1. The molecule has 2 fully saturated rings. The van der Waals surface area contributed by atoms with Crippen LogP contribution in [0.5, 0.6) is 5.75 Å². The number of hydrogen-bond donors (Lipinski definition) is 2. The number of piperidine rings is 1. The second-order valence-electron chi connectivity index (χ2n) is 10.5. The second-order valence-corrected chi connectivity index (χ2v) is 11.6. The topological polar surface area (TPSA) is 113 Å². The number of aliphatic carboxylic acids is 1. The highest BCUT2D eigenvalue weighted by Gasteiger charge is 2.35. The van der Waals surface area contributed by atoms with Crippen molar-refractivity contribution in [2.24, 2.45) is 5.92 Å². The van der Waals surface area contributed by atoms with E-state index in [0.29, 0.717) is 28.9 Å². The first-order chi connectivity index (χ1) is 17.9. The van der Waals surface area contributed by atoms with Gasteiger partial charge in [-0.3, -0.25) is 4.79 Å². The third-order valence-corrected chi connectivity index (χ3v) is 8.90. The predicted molar refractivity (Wildman–Crippen MR) is 142 cm³/mol. The Morgan fingerprint density at radius 3 is 2.51 bits per heavy atom. The van der Waals surface area contributed by atoms with Gasteiger partial charge in [0.2, 0.25) is 0 Å². The molecule has 9 heteroatoms. The van der Waals surface area contributed by atoms with Crippen LogP contribution in [0.1, 0.15) is 73.5 Å². The number of benzene rings is 1. The minimum absolute atomic E-state index is 0.0766. The molecular formula is C28H30N4O4S. The normalized spacial score (nSPS) is 17.5. The van der Waals surface area contributed by atoms with Crippen LogP contribution in [0.4, 0.5) is 5.82 Å². The summed E-state index contributed by atoms with van der Waals surface area (Å²) >= 11 is 1.76. The molecule has 1 saturated carbocycles. The van der Waals surface area contributed by atoms with Crippen molar-refractivity contribution < 1.29 is 19.5 Å².